The minimum Gasteiger partial charge on any atom is -0.467 e. The summed E-state index contributed by atoms with van der Waals surface area (Å²) < 4.78 is 5.26. The van der Waals surface area contributed by atoms with Crippen molar-refractivity contribution in [3.8, 4) is 0 Å². The standard InChI is InChI=1S/C14H20N2O3/c1-9-12(17)15-11(14(2,3)4)13(18)16(9)8-10-6-5-7-19-10/h5-7,9,11H,8H2,1-4H3,(H,15,17). The van der Waals surface area contributed by atoms with E-state index in [1.807, 2.05) is 20.8 Å². The molecule has 0 radical (unpaired) electrons. The van der Waals surface area contributed by atoms with Gasteiger partial charge in [0.1, 0.15) is 17.8 Å². The van der Waals surface area contributed by atoms with Gasteiger partial charge in [-0.2, -0.15) is 0 Å². The summed E-state index contributed by atoms with van der Waals surface area (Å²) in [5, 5.41) is 2.80. The average Bonchev–Trinajstić information content (AvgIpc) is 2.80. The first-order valence-electron chi connectivity index (χ1n) is 6.44. The minimum absolute atomic E-state index is 0.0593. The predicted octanol–water partition coefficient (Wildman–Crippen LogP) is 1.54. The van der Waals surface area contributed by atoms with Crippen LogP contribution in [0.25, 0.3) is 0 Å². The molecule has 2 unspecified atom stereocenters. The van der Waals surface area contributed by atoms with Crippen LogP contribution in [0.5, 0.6) is 0 Å². The maximum absolute atomic E-state index is 12.5. The van der Waals surface area contributed by atoms with Crippen molar-refractivity contribution in [2.24, 2.45) is 5.41 Å². The molecule has 5 nitrogen and oxygen atoms in total. The number of furan rings is 1. The monoisotopic (exact) mass is 264 g/mol. The number of carbonyl (C=O) groups is 2. The molecule has 0 aliphatic carbocycles. The topological polar surface area (TPSA) is 62.6 Å². The van der Waals surface area contributed by atoms with E-state index in [9.17, 15) is 9.59 Å². The molecule has 1 fully saturated rings. The fourth-order valence-electron chi connectivity index (χ4n) is 2.20. The second-order valence-corrected chi connectivity index (χ2v) is 6.03. The van der Waals surface area contributed by atoms with E-state index in [0.29, 0.717) is 12.3 Å². The molecule has 2 atom stereocenters. The molecule has 1 aliphatic rings. The molecule has 0 aromatic carbocycles. The molecule has 2 rings (SSSR count). The third-order valence-electron chi connectivity index (χ3n) is 3.44. The van der Waals surface area contributed by atoms with Gasteiger partial charge in [-0.25, -0.2) is 0 Å². The van der Waals surface area contributed by atoms with Crippen LogP contribution in [0.15, 0.2) is 22.8 Å². The van der Waals surface area contributed by atoms with Crippen LogP contribution in [0.2, 0.25) is 0 Å². The lowest BCUT2D eigenvalue weighted by atomic mass is 9.84. The second-order valence-electron chi connectivity index (χ2n) is 6.03. The number of nitrogens with one attached hydrogen (secondary N) is 1. The minimum atomic E-state index is -0.494. The van der Waals surface area contributed by atoms with E-state index >= 15 is 0 Å². The Balaban J connectivity index is 2.24. The summed E-state index contributed by atoms with van der Waals surface area (Å²) in [6.45, 7) is 7.88. The van der Waals surface area contributed by atoms with Gasteiger partial charge >= 0.3 is 0 Å². The smallest absolute Gasteiger partial charge is 0.246 e. The molecule has 1 N–H and O–H groups in total. The maximum atomic E-state index is 12.5. The molecule has 1 aromatic heterocycles. The molecule has 5 heteroatoms. The number of carbonyl (C=O) groups excluding carboxylic acids is 2. The highest BCUT2D eigenvalue weighted by Crippen LogP contribution is 2.26. The molecular formula is C14H20N2O3. The molecule has 2 heterocycles. The van der Waals surface area contributed by atoms with Gasteiger partial charge in [0.25, 0.3) is 0 Å². The van der Waals surface area contributed by atoms with Gasteiger partial charge < -0.3 is 14.6 Å². The lowest BCUT2D eigenvalue weighted by Gasteiger charge is -2.41. The average molecular weight is 264 g/mol. The normalized spacial score (nSPS) is 24.5. The van der Waals surface area contributed by atoms with Crippen LogP contribution in [-0.4, -0.2) is 28.8 Å². The van der Waals surface area contributed by atoms with E-state index in [4.69, 9.17) is 4.42 Å². The van der Waals surface area contributed by atoms with Crippen LogP contribution in [0.4, 0.5) is 0 Å². The van der Waals surface area contributed by atoms with Crippen molar-refractivity contribution >= 4 is 11.8 Å². The SMILES string of the molecule is CC1C(=O)NC(C(C)(C)C)C(=O)N1Cc1ccco1. The molecule has 0 spiro atoms. The van der Waals surface area contributed by atoms with Crippen molar-refractivity contribution in [2.75, 3.05) is 0 Å². The van der Waals surface area contributed by atoms with Crippen LogP contribution < -0.4 is 5.32 Å². The summed E-state index contributed by atoms with van der Waals surface area (Å²) in [5.74, 6) is 0.504. The first-order valence-corrected chi connectivity index (χ1v) is 6.44. The van der Waals surface area contributed by atoms with Crippen molar-refractivity contribution in [3.05, 3.63) is 24.2 Å². The number of piperazine rings is 1. The fourth-order valence-corrected chi connectivity index (χ4v) is 2.20. The van der Waals surface area contributed by atoms with E-state index in [1.54, 1.807) is 30.2 Å². The molecule has 0 bridgehead atoms. The fraction of sp³-hybridized carbons (Fsp3) is 0.571. The molecule has 1 saturated heterocycles. The zero-order chi connectivity index (χ0) is 14.2. The molecule has 0 saturated carbocycles. The Bertz CT molecular complexity index is 473. The quantitative estimate of drug-likeness (QED) is 0.881. The summed E-state index contributed by atoms with van der Waals surface area (Å²) in [4.78, 5) is 26.1. The highest BCUT2D eigenvalue weighted by atomic mass is 16.3. The Morgan fingerprint density at radius 1 is 1.37 bits per heavy atom. The van der Waals surface area contributed by atoms with Gasteiger partial charge in [0.2, 0.25) is 11.8 Å². The van der Waals surface area contributed by atoms with E-state index in [2.05, 4.69) is 5.32 Å². The number of hydrogen-bond acceptors (Lipinski definition) is 3. The third-order valence-corrected chi connectivity index (χ3v) is 3.44. The van der Waals surface area contributed by atoms with Gasteiger partial charge in [0, 0.05) is 0 Å². The Kier molecular flexibility index (Phi) is 3.39. The van der Waals surface area contributed by atoms with E-state index in [1.165, 1.54) is 0 Å². The third kappa shape index (κ3) is 2.64. The van der Waals surface area contributed by atoms with E-state index in [-0.39, 0.29) is 17.2 Å². The highest BCUT2D eigenvalue weighted by molar-refractivity contribution is 5.97. The van der Waals surface area contributed by atoms with Crippen LogP contribution in [-0.2, 0) is 16.1 Å². The Hall–Kier alpha value is -1.78. The van der Waals surface area contributed by atoms with Crippen molar-refractivity contribution in [3.63, 3.8) is 0 Å². The van der Waals surface area contributed by atoms with Crippen LogP contribution in [0.1, 0.15) is 33.5 Å². The van der Waals surface area contributed by atoms with Crippen LogP contribution in [0.3, 0.4) is 0 Å². The van der Waals surface area contributed by atoms with E-state index < -0.39 is 12.1 Å². The number of amides is 2. The van der Waals surface area contributed by atoms with Crippen molar-refractivity contribution in [2.45, 2.75) is 46.3 Å². The molecular weight excluding hydrogens is 244 g/mol. The molecule has 19 heavy (non-hydrogen) atoms. The summed E-state index contributed by atoms with van der Waals surface area (Å²) in [7, 11) is 0. The molecule has 1 aromatic rings. The van der Waals surface area contributed by atoms with Crippen molar-refractivity contribution < 1.29 is 14.0 Å². The van der Waals surface area contributed by atoms with Crippen LogP contribution in [0, 0.1) is 5.41 Å². The van der Waals surface area contributed by atoms with Gasteiger partial charge in [-0.3, -0.25) is 9.59 Å². The molecule has 1 aliphatic heterocycles. The van der Waals surface area contributed by atoms with Crippen molar-refractivity contribution in [1.29, 1.82) is 0 Å². The first-order chi connectivity index (χ1) is 8.80. The number of nitrogens with zero attached hydrogens (tertiary/aromatic N) is 1. The number of rotatable bonds is 2. The Labute approximate surface area is 113 Å². The largest absolute Gasteiger partial charge is 0.467 e. The summed E-state index contributed by atoms with van der Waals surface area (Å²) in [6, 6.07) is 2.61. The zero-order valence-corrected chi connectivity index (χ0v) is 11.8. The van der Waals surface area contributed by atoms with Gasteiger partial charge in [-0.05, 0) is 24.5 Å². The van der Waals surface area contributed by atoms with Crippen molar-refractivity contribution in [1.82, 2.24) is 10.2 Å². The Morgan fingerprint density at radius 3 is 2.58 bits per heavy atom. The zero-order valence-electron chi connectivity index (χ0n) is 11.8. The highest BCUT2D eigenvalue weighted by Gasteiger charge is 2.43. The summed E-state index contributed by atoms with van der Waals surface area (Å²) in [6.07, 6.45) is 1.57. The predicted molar refractivity (Wildman–Crippen MR) is 70.1 cm³/mol. The van der Waals surface area contributed by atoms with Gasteiger partial charge in [0.05, 0.1) is 12.8 Å². The van der Waals surface area contributed by atoms with Gasteiger partial charge in [-0.1, -0.05) is 20.8 Å². The molecule has 2 amide bonds. The lowest BCUT2D eigenvalue weighted by molar-refractivity contribution is -0.152. The maximum Gasteiger partial charge on any atom is 0.246 e. The number of hydrogen-bond donors (Lipinski definition) is 1. The van der Waals surface area contributed by atoms with Crippen LogP contribution >= 0.6 is 0 Å². The van der Waals surface area contributed by atoms with Gasteiger partial charge in [-0.15, -0.1) is 0 Å². The second kappa shape index (κ2) is 4.72. The summed E-state index contributed by atoms with van der Waals surface area (Å²) >= 11 is 0. The first kappa shape index (κ1) is 13.6. The van der Waals surface area contributed by atoms with Gasteiger partial charge in [0.15, 0.2) is 0 Å². The summed E-state index contributed by atoms with van der Waals surface area (Å²) in [5.41, 5.74) is -0.311. The molecule has 104 valence electrons. The van der Waals surface area contributed by atoms with E-state index in [0.717, 1.165) is 0 Å². The lowest BCUT2D eigenvalue weighted by Crippen LogP contribution is -2.65. The Morgan fingerprint density at radius 2 is 2.05 bits per heavy atom.